The van der Waals surface area contributed by atoms with Gasteiger partial charge in [0.2, 0.25) is 0 Å². The van der Waals surface area contributed by atoms with Crippen molar-refractivity contribution in [3.8, 4) is 0 Å². The van der Waals surface area contributed by atoms with Gasteiger partial charge in [-0.1, -0.05) is 23.8 Å². The molecule has 0 radical (unpaired) electrons. The highest BCUT2D eigenvalue weighted by atomic mass is 16.3. The number of rotatable bonds is 1. The number of aryl methyl sites for hydroxylation is 1. The fraction of sp³-hybridized carbons (Fsp3) is 0.111. The van der Waals surface area contributed by atoms with E-state index >= 15 is 0 Å². The quantitative estimate of drug-likeness (QED) is 0.643. The second kappa shape index (κ2) is 6.09. The van der Waals surface area contributed by atoms with Crippen LogP contribution in [0, 0.1) is 6.92 Å². The minimum atomic E-state index is -0.250. The van der Waals surface area contributed by atoms with E-state index in [-0.39, 0.29) is 6.47 Å². The van der Waals surface area contributed by atoms with Crippen LogP contribution in [-0.4, -0.2) is 17.9 Å². The van der Waals surface area contributed by atoms with Crippen molar-refractivity contribution in [2.45, 2.75) is 6.92 Å². The monoisotopic (exact) mass is 166 g/mol. The molecule has 12 heavy (non-hydrogen) atoms. The summed E-state index contributed by atoms with van der Waals surface area (Å²) < 4.78 is 0. The first-order valence-electron chi connectivity index (χ1n) is 3.34. The molecule has 0 bridgehead atoms. The van der Waals surface area contributed by atoms with Gasteiger partial charge in [-0.25, -0.2) is 0 Å². The average Bonchev–Trinajstić information content (AvgIpc) is 2.06. The first kappa shape index (κ1) is 10.4. The van der Waals surface area contributed by atoms with Crippen molar-refractivity contribution in [3.05, 3.63) is 35.4 Å². The van der Waals surface area contributed by atoms with E-state index in [1.807, 2.05) is 25.1 Å². The van der Waals surface area contributed by atoms with Crippen LogP contribution in [0.15, 0.2) is 24.3 Å². The number of hydrogen-bond donors (Lipinski definition) is 1. The molecule has 0 spiro atoms. The lowest BCUT2D eigenvalue weighted by atomic mass is 10.2. The van der Waals surface area contributed by atoms with Crippen molar-refractivity contribution in [2.24, 2.45) is 0 Å². The van der Waals surface area contributed by atoms with Gasteiger partial charge in [0.15, 0.2) is 0 Å². The molecule has 0 amide bonds. The lowest BCUT2D eigenvalue weighted by molar-refractivity contribution is -0.122. The van der Waals surface area contributed by atoms with Crippen molar-refractivity contribution in [3.63, 3.8) is 0 Å². The van der Waals surface area contributed by atoms with Crippen LogP contribution in [0.5, 0.6) is 0 Å². The summed E-state index contributed by atoms with van der Waals surface area (Å²) in [6.45, 7) is 1.72. The Hall–Kier alpha value is -1.64. The zero-order valence-corrected chi connectivity index (χ0v) is 6.73. The van der Waals surface area contributed by atoms with Crippen molar-refractivity contribution in [2.75, 3.05) is 0 Å². The third-order valence-electron chi connectivity index (χ3n) is 1.18. The van der Waals surface area contributed by atoms with Crippen LogP contribution in [-0.2, 0) is 4.79 Å². The number of carbonyl (C=O) groups is 2. The molecular weight excluding hydrogens is 156 g/mol. The summed E-state index contributed by atoms with van der Waals surface area (Å²) in [7, 11) is 0. The highest BCUT2D eigenvalue weighted by Crippen LogP contribution is 1.99. The summed E-state index contributed by atoms with van der Waals surface area (Å²) in [5.74, 6) is 0. The van der Waals surface area contributed by atoms with Crippen LogP contribution in [0.1, 0.15) is 15.9 Å². The van der Waals surface area contributed by atoms with Crippen LogP contribution in [0.25, 0.3) is 0 Å². The van der Waals surface area contributed by atoms with Gasteiger partial charge in [-0.3, -0.25) is 9.59 Å². The molecule has 3 nitrogen and oxygen atoms in total. The molecule has 0 aromatic heterocycles. The van der Waals surface area contributed by atoms with E-state index in [0.29, 0.717) is 0 Å². The zero-order chi connectivity index (χ0) is 9.40. The van der Waals surface area contributed by atoms with E-state index in [4.69, 9.17) is 9.90 Å². The number of carbonyl (C=O) groups excluding carboxylic acids is 1. The van der Waals surface area contributed by atoms with Crippen molar-refractivity contribution < 1.29 is 14.7 Å². The Labute approximate surface area is 70.6 Å². The Morgan fingerprint density at radius 2 is 1.92 bits per heavy atom. The van der Waals surface area contributed by atoms with Crippen molar-refractivity contribution in [1.82, 2.24) is 0 Å². The van der Waals surface area contributed by atoms with Crippen LogP contribution < -0.4 is 0 Å². The molecule has 1 aromatic carbocycles. The van der Waals surface area contributed by atoms with Gasteiger partial charge < -0.3 is 5.11 Å². The maximum atomic E-state index is 10.2. The summed E-state index contributed by atoms with van der Waals surface area (Å²) in [6, 6.07) is 7.49. The summed E-state index contributed by atoms with van der Waals surface area (Å²) >= 11 is 0. The molecule has 0 aliphatic rings. The van der Waals surface area contributed by atoms with Crippen LogP contribution in [0.3, 0.4) is 0 Å². The maximum Gasteiger partial charge on any atom is 0.290 e. The third-order valence-corrected chi connectivity index (χ3v) is 1.18. The van der Waals surface area contributed by atoms with Crippen LogP contribution in [0.2, 0.25) is 0 Å². The molecule has 0 aliphatic carbocycles. The average molecular weight is 166 g/mol. The summed E-state index contributed by atoms with van der Waals surface area (Å²) in [5, 5.41) is 6.89. The van der Waals surface area contributed by atoms with E-state index < -0.39 is 0 Å². The molecule has 0 heterocycles. The Morgan fingerprint density at radius 1 is 1.33 bits per heavy atom. The fourth-order valence-electron chi connectivity index (χ4n) is 0.743. The highest BCUT2D eigenvalue weighted by molar-refractivity contribution is 5.74. The highest BCUT2D eigenvalue weighted by Gasteiger charge is 1.86. The van der Waals surface area contributed by atoms with E-state index in [2.05, 4.69) is 0 Å². The van der Waals surface area contributed by atoms with Gasteiger partial charge in [0, 0.05) is 5.56 Å². The molecule has 0 unspecified atom stereocenters. The molecule has 1 aromatic rings. The molecule has 1 N–H and O–H groups in total. The zero-order valence-electron chi connectivity index (χ0n) is 6.73. The van der Waals surface area contributed by atoms with Crippen molar-refractivity contribution in [1.29, 1.82) is 0 Å². The standard InChI is InChI=1S/C8H8O.CH2O2/c1-7-3-2-4-8(5-7)6-9;2-1-3/h2-6H,1H3;1H,(H,2,3). The van der Waals surface area contributed by atoms with Gasteiger partial charge in [-0.05, 0) is 13.0 Å². The second-order valence-corrected chi connectivity index (χ2v) is 2.14. The Balaban J connectivity index is 0.000000354. The smallest absolute Gasteiger partial charge is 0.290 e. The molecule has 1 rings (SSSR count). The molecule has 0 saturated carbocycles. The van der Waals surface area contributed by atoms with Gasteiger partial charge in [-0.2, -0.15) is 0 Å². The number of carboxylic acid groups (broad SMARTS) is 1. The van der Waals surface area contributed by atoms with Crippen LogP contribution in [0.4, 0.5) is 0 Å². The maximum absolute atomic E-state index is 10.2. The van der Waals surface area contributed by atoms with Gasteiger partial charge in [0.25, 0.3) is 6.47 Å². The first-order valence-corrected chi connectivity index (χ1v) is 3.34. The lowest BCUT2D eigenvalue weighted by Gasteiger charge is -1.89. The minimum Gasteiger partial charge on any atom is -0.483 e. The van der Waals surface area contributed by atoms with Gasteiger partial charge in [0.05, 0.1) is 0 Å². The number of aldehydes is 1. The van der Waals surface area contributed by atoms with Crippen molar-refractivity contribution >= 4 is 12.8 Å². The molecule has 0 fully saturated rings. The lowest BCUT2D eigenvalue weighted by Crippen LogP contribution is -1.78. The molecule has 0 saturated heterocycles. The first-order chi connectivity index (χ1) is 5.74. The molecule has 0 atom stereocenters. The third kappa shape index (κ3) is 4.22. The van der Waals surface area contributed by atoms with Gasteiger partial charge in [0.1, 0.15) is 6.29 Å². The van der Waals surface area contributed by atoms with Gasteiger partial charge in [-0.15, -0.1) is 0 Å². The van der Waals surface area contributed by atoms with Crippen LogP contribution >= 0.6 is 0 Å². The summed E-state index contributed by atoms with van der Waals surface area (Å²) in [5.41, 5.74) is 1.87. The van der Waals surface area contributed by atoms with E-state index in [0.717, 1.165) is 17.4 Å². The largest absolute Gasteiger partial charge is 0.483 e. The normalized spacial score (nSPS) is 7.75. The van der Waals surface area contributed by atoms with E-state index in [9.17, 15) is 4.79 Å². The van der Waals surface area contributed by atoms with Gasteiger partial charge >= 0.3 is 0 Å². The predicted molar refractivity (Wildman–Crippen MR) is 45.3 cm³/mol. The van der Waals surface area contributed by atoms with E-state index in [1.165, 1.54) is 0 Å². The summed E-state index contributed by atoms with van der Waals surface area (Å²) in [6.07, 6.45) is 0.854. The topological polar surface area (TPSA) is 54.4 Å². The molecule has 0 aliphatic heterocycles. The number of hydrogen-bond acceptors (Lipinski definition) is 2. The SMILES string of the molecule is Cc1cccc(C=O)c1.O=CO. The van der Waals surface area contributed by atoms with E-state index in [1.54, 1.807) is 6.07 Å². The Bertz CT molecular complexity index is 256. The molecular formula is C9H10O3. The Morgan fingerprint density at radius 3 is 2.25 bits per heavy atom. The second-order valence-electron chi connectivity index (χ2n) is 2.14. The number of benzene rings is 1. The Kier molecular flexibility index (Phi) is 5.26. The fourth-order valence-corrected chi connectivity index (χ4v) is 0.743. The minimum absolute atomic E-state index is 0.250. The molecule has 64 valence electrons. The summed E-state index contributed by atoms with van der Waals surface area (Å²) in [4.78, 5) is 18.5. The predicted octanol–water partition coefficient (Wildman–Crippen LogP) is 1.51. The molecule has 3 heteroatoms.